The first-order chi connectivity index (χ1) is 11.3. The summed E-state index contributed by atoms with van der Waals surface area (Å²) in [5, 5.41) is 3.38. The lowest BCUT2D eigenvalue weighted by Crippen LogP contribution is -2.42. The number of piperidine rings is 2. The third kappa shape index (κ3) is 4.93. The van der Waals surface area contributed by atoms with Crippen molar-refractivity contribution < 1.29 is 9.53 Å². The first kappa shape index (κ1) is 16.2. The molecule has 0 radical (unpaired) electrons. The molecule has 0 aliphatic carbocycles. The molecule has 1 amide bonds. The highest BCUT2D eigenvalue weighted by Gasteiger charge is 2.24. The summed E-state index contributed by atoms with van der Waals surface area (Å²) in [6.07, 6.45) is 7.90. The van der Waals surface area contributed by atoms with E-state index in [0.717, 1.165) is 51.4 Å². The molecule has 0 atom stereocenters. The van der Waals surface area contributed by atoms with Gasteiger partial charge in [-0.15, -0.1) is 0 Å². The Morgan fingerprint density at radius 3 is 2.70 bits per heavy atom. The second-order valence-corrected chi connectivity index (χ2v) is 6.60. The van der Waals surface area contributed by atoms with E-state index in [1.165, 1.54) is 12.8 Å². The van der Waals surface area contributed by atoms with Crippen molar-refractivity contribution >= 4 is 5.91 Å². The summed E-state index contributed by atoms with van der Waals surface area (Å²) < 4.78 is 5.88. The van der Waals surface area contributed by atoms with Crippen molar-refractivity contribution in [2.75, 3.05) is 26.2 Å². The van der Waals surface area contributed by atoms with Crippen LogP contribution in [0.25, 0.3) is 0 Å². The van der Waals surface area contributed by atoms with Gasteiger partial charge in [0.15, 0.2) is 0 Å². The number of amides is 1. The van der Waals surface area contributed by atoms with Gasteiger partial charge < -0.3 is 15.0 Å². The van der Waals surface area contributed by atoms with Crippen LogP contribution < -0.4 is 10.1 Å². The van der Waals surface area contributed by atoms with Gasteiger partial charge in [0.1, 0.15) is 6.10 Å². The Morgan fingerprint density at radius 1 is 1.22 bits per heavy atom. The van der Waals surface area contributed by atoms with E-state index in [0.29, 0.717) is 18.2 Å². The fourth-order valence-corrected chi connectivity index (χ4v) is 3.47. The quantitative estimate of drug-likeness (QED) is 0.905. The van der Waals surface area contributed by atoms with E-state index < -0.39 is 0 Å². The van der Waals surface area contributed by atoms with Gasteiger partial charge in [-0.3, -0.25) is 4.79 Å². The van der Waals surface area contributed by atoms with E-state index in [9.17, 15) is 4.79 Å². The van der Waals surface area contributed by atoms with E-state index >= 15 is 0 Å². The van der Waals surface area contributed by atoms with E-state index in [1.54, 1.807) is 6.20 Å². The van der Waals surface area contributed by atoms with E-state index in [4.69, 9.17) is 4.74 Å². The molecule has 2 saturated heterocycles. The minimum absolute atomic E-state index is 0.179. The standard InChI is InChI=1S/C18H27N3O2/c22-18(5-4-15-6-11-19-12-7-15)21-13-8-16(9-14-21)23-17-3-1-2-10-20-17/h1-3,10,15-16,19H,4-9,11-14H2. The predicted molar refractivity (Wildman–Crippen MR) is 89.3 cm³/mol. The van der Waals surface area contributed by atoms with Crippen molar-refractivity contribution in [3.8, 4) is 5.88 Å². The van der Waals surface area contributed by atoms with Gasteiger partial charge in [-0.25, -0.2) is 4.98 Å². The van der Waals surface area contributed by atoms with Crippen molar-refractivity contribution in [2.45, 2.75) is 44.6 Å². The van der Waals surface area contributed by atoms with Crippen LogP contribution in [0.5, 0.6) is 5.88 Å². The first-order valence-electron chi connectivity index (χ1n) is 8.87. The smallest absolute Gasteiger partial charge is 0.222 e. The zero-order chi connectivity index (χ0) is 15.9. The number of hydrogen-bond donors (Lipinski definition) is 1. The molecule has 0 aromatic carbocycles. The molecule has 1 aromatic heterocycles. The molecule has 2 aliphatic heterocycles. The number of hydrogen-bond acceptors (Lipinski definition) is 4. The van der Waals surface area contributed by atoms with Gasteiger partial charge in [-0.05, 0) is 44.3 Å². The molecule has 0 unspecified atom stereocenters. The largest absolute Gasteiger partial charge is 0.474 e. The number of rotatable bonds is 5. The van der Waals surface area contributed by atoms with Crippen LogP contribution in [-0.2, 0) is 4.79 Å². The van der Waals surface area contributed by atoms with Crippen LogP contribution in [0.1, 0.15) is 38.5 Å². The van der Waals surface area contributed by atoms with E-state index in [1.807, 2.05) is 23.1 Å². The fraction of sp³-hybridized carbons (Fsp3) is 0.667. The Labute approximate surface area is 138 Å². The number of carbonyl (C=O) groups excluding carboxylic acids is 1. The average molecular weight is 317 g/mol. The molecule has 1 N–H and O–H groups in total. The maximum atomic E-state index is 12.4. The summed E-state index contributed by atoms with van der Waals surface area (Å²) >= 11 is 0. The highest BCUT2D eigenvalue weighted by atomic mass is 16.5. The minimum Gasteiger partial charge on any atom is -0.474 e. The number of ether oxygens (including phenoxy) is 1. The maximum Gasteiger partial charge on any atom is 0.222 e. The summed E-state index contributed by atoms with van der Waals surface area (Å²) in [7, 11) is 0. The first-order valence-corrected chi connectivity index (χ1v) is 8.87. The number of carbonyl (C=O) groups is 1. The third-order valence-electron chi connectivity index (χ3n) is 4.95. The van der Waals surface area contributed by atoms with Gasteiger partial charge in [0, 0.05) is 44.6 Å². The molecule has 0 bridgehead atoms. The van der Waals surface area contributed by atoms with Gasteiger partial charge in [-0.2, -0.15) is 0 Å². The summed E-state index contributed by atoms with van der Waals surface area (Å²) in [6.45, 7) is 3.83. The summed E-state index contributed by atoms with van der Waals surface area (Å²) in [4.78, 5) is 18.6. The monoisotopic (exact) mass is 317 g/mol. The number of pyridine rings is 1. The molecule has 5 nitrogen and oxygen atoms in total. The Kier molecular flexibility index (Phi) is 5.86. The molecule has 126 valence electrons. The molecule has 3 rings (SSSR count). The molecule has 0 saturated carbocycles. The van der Waals surface area contributed by atoms with Gasteiger partial charge in [0.25, 0.3) is 0 Å². The highest BCUT2D eigenvalue weighted by molar-refractivity contribution is 5.76. The SMILES string of the molecule is O=C(CCC1CCNCC1)N1CCC(Oc2ccccn2)CC1. The van der Waals surface area contributed by atoms with Crippen molar-refractivity contribution in [3.63, 3.8) is 0 Å². The van der Waals surface area contributed by atoms with Gasteiger partial charge in [0.05, 0.1) is 0 Å². The molecule has 23 heavy (non-hydrogen) atoms. The lowest BCUT2D eigenvalue weighted by Gasteiger charge is -2.32. The van der Waals surface area contributed by atoms with Crippen molar-refractivity contribution in [1.29, 1.82) is 0 Å². The van der Waals surface area contributed by atoms with Gasteiger partial charge in [0.2, 0.25) is 11.8 Å². The number of likely N-dealkylation sites (tertiary alicyclic amines) is 1. The van der Waals surface area contributed by atoms with Crippen LogP contribution in [0.4, 0.5) is 0 Å². The Morgan fingerprint density at radius 2 is 2.00 bits per heavy atom. The number of aromatic nitrogens is 1. The second kappa shape index (κ2) is 8.29. The Bertz CT molecular complexity index is 480. The molecule has 2 fully saturated rings. The maximum absolute atomic E-state index is 12.4. The van der Waals surface area contributed by atoms with Crippen LogP contribution in [-0.4, -0.2) is 48.1 Å². The van der Waals surface area contributed by atoms with Crippen LogP contribution in [0, 0.1) is 5.92 Å². The molecule has 2 aliphatic rings. The van der Waals surface area contributed by atoms with E-state index in [2.05, 4.69) is 10.3 Å². The lowest BCUT2D eigenvalue weighted by molar-refractivity contribution is -0.133. The van der Waals surface area contributed by atoms with Crippen molar-refractivity contribution in [3.05, 3.63) is 24.4 Å². The number of nitrogens with zero attached hydrogens (tertiary/aromatic N) is 2. The van der Waals surface area contributed by atoms with Gasteiger partial charge in [-0.1, -0.05) is 6.07 Å². The van der Waals surface area contributed by atoms with Crippen LogP contribution in [0.3, 0.4) is 0 Å². The normalized spacial score (nSPS) is 20.4. The molecule has 5 heteroatoms. The summed E-state index contributed by atoms with van der Waals surface area (Å²) in [5.74, 6) is 1.73. The average Bonchev–Trinajstić information content (AvgIpc) is 2.62. The summed E-state index contributed by atoms with van der Waals surface area (Å²) in [5.41, 5.74) is 0. The Hall–Kier alpha value is -1.62. The van der Waals surface area contributed by atoms with E-state index in [-0.39, 0.29) is 6.10 Å². The Balaban J connectivity index is 1.37. The van der Waals surface area contributed by atoms with Crippen LogP contribution in [0.2, 0.25) is 0 Å². The minimum atomic E-state index is 0.179. The van der Waals surface area contributed by atoms with Gasteiger partial charge >= 0.3 is 0 Å². The lowest BCUT2D eigenvalue weighted by atomic mass is 9.93. The highest BCUT2D eigenvalue weighted by Crippen LogP contribution is 2.21. The molecular weight excluding hydrogens is 290 g/mol. The topological polar surface area (TPSA) is 54.5 Å². The fourth-order valence-electron chi connectivity index (χ4n) is 3.47. The zero-order valence-electron chi connectivity index (χ0n) is 13.7. The summed E-state index contributed by atoms with van der Waals surface area (Å²) in [6, 6.07) is 5.70. The zero-order valence-corrected chi connectivity index (χ0v) is 13.7. The molecule has 1 aromatic rings. The molecular formula is C18H27N3O2. The third-order valence-corrected chi connectivity index (χ3v) is 4.95. The second-order valence-electron chi connectivity index (χ2n) is 6.60. The van der Waals surface area contributed by atoms with Crippen LogP contribution >= 0.6 is 0 Å². The van der Waals surface area contributed by atoms with Crippen LogP contribution in [0.15, 0.2) is 24.4 Å². The van der Waals surface area contributed by atoms with Crippen molar-refractivity contribution in [1.82, 2.24) is 15.2 Å². The predicted octanol–water partition coefficient (Wildman–Crippen LogP) is 2.23. The molecule has 3 heterocycles. The molecule has 0 spiro atoms. The number of nitrogens with one attached hydrogen (secondary N) is 1. The van der Waals surface area contributed by atoms with Crippen molar-refractivity contribution in [2.24, 2.45) is 5.92 Å².